The number of benzene rings is 2. The fourth-order valence-electron chi connectivity index (χ4n) is 1.85. The Balaban J connectivity index is 2.59. The standard InChI is InChI=1S/C14H13Cl2NO2S/c1-9-3-6-14(17-20(2,18)19)11(7-9)10-4-5-12(15)13(16)8-10/h3-8,17H,1-2H3. The van der Waals surface area contributed by atoms with Gasteiger partial charge in [-0.15, -0.1) is 0 Å². The van der Waals surface area contributed by atoms with Gasteiger partial charge in [0.25, 0.3) is 0 Å². The lowest BCUT2D eigenvalue weighted by molar-refractivity contribution is 0.607. The molecule has 0 unspecified atom stereocenters. The van der Waals surface area contributed by atoms with Crippen LogP contribution in [0.3, 0.4) is 0 Å². The Morgan fingerprint density at radius 2 is 1.70 bits per heavy atom. The second kappa shape index (κ2) is 5.64. The molecular formula is C14H13Cl2NO2S. The van der Waals surface area contributed by atoms with Gasteiger partial charge in [-0.2, -0.15) is 0 Å². The maximum absolute atomic E-state index is 11.4. The van der Waals surface area contributed by atoms with Crippen molar-refractivity contribution in [1.82, 2.24) is 0 Å². The molecule has 20 heavy (non-hydrogen) atoms. The minimum absolute atomic E-state index is 0.427. The molecule has 0 fully saturated rings. The van der Waals surface area contributed by atoms with E-state index in [1.165, 1.54) is 0 Å². The van der Waals surface area contributed by atoms with Gasteiger partial charge in [-0.05, 0) is 36.8 Å². The molecule has 0 saturated heterocycles. The van der Waals surface area contributed by atoms with Crippen molar-refractivity contribution < 1.29 is 8.42 Å². The zero-order chi connectivity index (χ0) is 14.9. The van der Waals surface area contributed by atoms with Crippen LogP contribution in [-0.2, 0) is 10.0 Å². The molecule has 2 aromatic rings. The van der Waals surface area contributed by atoms with E-state index in [-0.39, 0.29) is 0 Å². The van der Waals surface area contributed by atoms with Crippen molar-refractivity contribution in [2.45, 2.75) is 6.92 Å². The summed E-state index contributed by atoms with van der Waals surface area (Å²) >= 11 is 11.9. The third-order valence-corrected chi connectivity index (χ3v) is 4.03. The quantitative estimate of drug-likeness (QED) is 0.910. The first-order valence-electron chi connectivity index (χ1n) is 5.80. The van der Waals surface area contributed by atoms with E-state index in [2.05, 4.69) is 4.72 Å². The predicted octanol–water partition coefficient (Wildman–Crippen LogP) is 4.34. The number of nitrogens with one attached hydrogen (secondary N) is 1. The Labute approximate surface area is 128 Å². The van der Waals surface area contributed by atoms with Gasteiger partial charge < -0.3 is 0 Å². The molecule has 0 aliphatic rings. The van der Waals surface area contributed by atoms with Gasteiger partial charge in [0, 0.05) is 5.56 Å². The first kappa shape index (κ1) is 15.2. The number of halogens is 2. The lowest BCUT2D eigenvalue weighted by Gasteiger charge is -2.12. The molecule has 0 saturated carbocycles. The highest BCUT2D eigenvalue weighted by Crippen LogP contribution is 2.33. The summed E-state index contributed by atoms with van der Waals surface area (Å²) in [6.45, 7) is 1.94. The molecule has 0 aliphatic heterocycles. The molecule has 0 aliphatic carbocycles. The molecule has 0 aromatic heterocycles. The third kappa shape index (κ3) is 3.66. The fraction of sp³-hybridized carbons (Fsp3) is 0.143. The van der Waals surface area contributed by atoms with Crippen LogP contribution in [-0.4, -0.2) is 14.7 Å². The summed E-state index contributed by atoms with van der Waals surface area (Å²) in [7, 11) is -3.35. The number of rotatable bonds is 3. The molecule has 0 bridgehead atoms. The Bertz CT molecular complexity index is 758. The van der Waals surface area contributed by atoms with Crippen LogP contribution < -0.4 is 4.72 Å². The highest BCUT2D eigenvalue weighted by molar-refractivity contribution is 7.92. The topological polar surface area (TPSA) is 46.2 Å². The zero-order valence-electron chi connectivity index (χ0n) is 10.9. The summed E-state index contributed by atoms with van der Waals surface area (Å²) in [5.74, 6) is 0. The Hall–Kier alpha value is -1.23. The molecule has 1 N–H and O–H groups in total. The van der Waals surface area contributed by atoms with Gasteiger partial charge in [-0.1, -0.05) is 40.9 Å². The van der Waals surface area contributed by atoms with Gasteiger partial charge in [-0.3, -0.25) is 4.72 Å². The molecule has 0 heterocycles. The average molecular weight is 330 g/mol. The molecule has 0 amide bonds. The summed E-state index contributed by atoms with van der Waals surface area (Å²) in [5, 5.41) is 0.886. The van der Waals surface area contributed by atoms with Crippen molar-refractivity contribution >= 4 is 38.9 Å². The van der Waals surface area contributed by atoms with Crippen molar-refractivity contribution in [2.75, 3.05) is 11.0 Å². The minimum atomic E-state index is -3.35. The van der Waals surface area contributed by atoms with Crippen molar-refractivity contribution in [1.29, 1.82) is 0 Å². The van der Waals surface area contributed by atoms with Crippen molar-refractivity contribution in [3.05, 3.63) is 52.0 Å². The number of sulfonamides is 1. The summed E-state index contributed by atoms with van der Waals surface area (Å²) in [6, 6.07) is 10.7. The van der Waals surface area contributed by atoms with Crippen molar-refractivity contribution in [3.8, 4) is 11.1 Å². The SMILES string of the molecule is Cc1ccc(NS(C)(=O)=O)c(-c2ccc(Cl)c(Cl)c2)c1. The monoisotopic (exact) mass is 329 g/mol. The predicted molar refractivity (Wildman–Crippen MR) is 85.1 cm³/mol. The van der Waals surface area contributed by atoms with Gasteiger partial charge in [0.2, 0.25) is 10.0 Å². The lowest BCUT2D eigenvalue weighted by atomic mass is 10.0. The summed E-state index contributed by atoms with van der Waals surface area (Å²) in [4.78, 5) is 0. The lowest BCUT2D eigenvalue weighted by Crippen LogP contribution is -2.10. The Morgan fingerprint density at radius 3 is 2.30 bits per heavy atom. The molecule has 2 rings (SSSR count). The van der Waals surface area contributed by atoms with Gasteiger partial charge in [0.1, 0.15) is 0 Å². The second-order valence-electron chi connectivity index (χ2n) is 4.55. The van der Waals surface area contributed by atoms with E-state index in [0.717, 1.165) is 22.9 Å². The molecule has 0 spiro atoms. The van der Waals surface area contributed by atoms with E-state index in [4.69, 9.17) is 23.2 Å². The first-order chi connectivity index (χ1) is 9.26. The van der Waals surface area contributed by atoms with E-state index >= 15 is 0 Å². The maximum atomic E-state index is 11.4. The summed E-state index contributed by atoms with van der Waals surface area (Å²) in [6.07, 6.45) is 1.12. The molecule has 0 radical (unpaired) electrons. The van der Waals surface area contributed by atoms with Crippen LogP contribution in [0.25, 0.3) is 11.1 Å². The van der Waals surface area contributed by atoms with Crippen LogP contribution in [0, 0.1) is 6.92 Å². The van der Waals surface area contributed by atoms with Crippen LogP contribution in [0.15, 0.2) is 36.4 Å². The van der Waals surface area contributed by atoms with E-state index in [9.17, 15) is 8.42 Å². The largest absolute Gasteiger partial charge is 0.283 e. The normalized spacial score (nSPS) is 11.4. The van der Waals surface area contributed by atoms with Gasteiger partial charge in [0.05, 0.1) is 22.0 Å². The highest BCUT2D eigenvalue weighted by Gasteiger charge is 2.11. The minimum Gasteiger partial charge on any atom is -0.283 e. The van der Waals surface area contributed by atoms with E-state index < -0.39 is 10.0 Å². The number of hydrogen-bond donors (Lipinski definition) is 1. The number of anilines is 1. The summed E-state index contributed by atoms with van der Waals surface area (Å²) < 4.78 is 25.4. The van der Waals surface area contributed by atoms with Crippen molar-refractivity contribution in [2.24, 2.45) is 0 Å². The molecule has 2 aromatic carbocycles. The van der Waals surface area contributed by atoms with Crippen LogP contribution in [0.1, 0.15) is 5.56 Å². The van der Waals surface area contributed by atoms with Crippen LogP contribution in [0.2, 0.25) is 10.0 Å². The molecule has 0 atom stereocenters. The first-order valence-corrected chi connectivity index (χ1v) is 8.45. The second-order valence-corrected chi connectivity index (χ2v) is 7.12. The van der Waals surface area contributed by atoms with Crippen LogP contribution in [0.4, 0.5) is 5.69 Å². The van der Waals surface area contributed by atoms with Gasteiger partial charge >= 0.3 is 0 Å². The molecular weight excluding hydrogens is 317 g/mol. The Morgan fingerprint density at radius 1 is 1.00 bits per heavy atom. The van der Waals surface area contributed by atoms with Crippen LogP contribution >= 0.6 is 23.2 Å². The number of aryl methyl sites for hydroxylation is 1. The van der Waals surface area contributed by atoms with E-state index in [0.29, 0.717) is 15.7 Å². The molecule has 3 nitrogen and oxygen atoms in total. The fourth-order valence-corrected chi connectivity index (χ4v) is 2.72. The zero-order valence-corrected chi connectivity index (χ0v) is 13.3. The molecule has 106 valence electrons. The highest BCUT2D eigenvalue weighted by atomic mass is 35.5. The van der Waals surface area contributed by atoms with Gasteiger partial charge in [-0.25, -0.2) is 8.42 Å². The van der Waals surface area contributed by atoms with Crippen molar-refractivity contribution in [3.63, 3.8) is 0 Å². The Kier molecular flexibility index (Phi) is 4.28. The van der Waals surface area contributed by atoms with E-state index in [1.807, 2.05) is 19.1 Å². The molecule has 6 heteroatoms. The van der Waals surface area contributed by atoms with Gasteiger partial charge in [0.15, 0.2) is 0 Å². The summed E-state index contributed by atoms with van der Waals surface area (Å²) in [5.41, 5.74) is 3.09. The third-order valence-electron chi connectivity index (χ3n) is 2.70. The number of hydrogen-bond acceptors (Lipinski definition) is 2. The smallest absolute Gasteiger partial charge is 0.229 e. The van der Waals surface area contributed by atoms with E-state index in [1.54, 1.807) is 24.3 Å². The maximum Gasteiger partial charge on any atom is 0.229 e. The van der Waals surface area contributed by atoms with Crippen LogP contribution in [0.5, 0.6) is 0 Å². The average Bonchev–Trinajstić information content (AvgIpc) is 2.33.